The molecule has 8 rings (SSSR count). The van der Waals surface area contributed by atoms with Gasteiger partial charge < -0.3 is 19.9 Å². The van der Waals surface area contributed by atoms with E-state index in [4.69, 9.17) is 24.4 Å². The van der Waals surface area contributed by atoms with Crippen LogP contribution in [0.2, 0.25) is 0 Å². The Morgan fingerprint density at radius 1 is 0.906 bits per heavy atom. The number of aliphatic carboxylic acids is 1. The SMILES string of the molecule is Cc1nc(Nc2cccc(-c3cccc(-c4nc5cc(CN6CCC(C(=O)O)C6)cc(C#N)c5o4)c3C)c2C)c2ncc(CN3CC[C@@H](O)C3)cc2n1. The molecule has 0 bridgehead atoms. The number of likely N-dealkylation sites (tertiary alicyclic amines) is 2. The summed E-state index contributed by atoms with van der Waals surface area (Å²) in [7, 11) is 0. The molecule has 268 valence electrons. The van der Waals surface area contributed by atoms with Crippen molar-refractivity contribution in [2.75, 3.05) is 31.5 Å². The van der Waals surface area contributed by atoms with Crippen LogP contribution in [-0.2, 0) is 17.9 Å². The molecule has 3 N–H and O–H groups in total. The number of nitriles is 1. The molecular weight excluding hydrogens is 669 g/mol. The predicted octanol–water partition coefficient (Wildman–Crippen LogP) is 6.51. The van der Waals surface area contributed by atoms with E-state index in [1.54, 1.807) is 0 Å². The number of anilines is 2. The number of benzene rings is 3. The molecule has 0 spiro atoms. The van der Waals surface area contributed by atoms with Crippen LogP contribution in [0.25, 0.3) is 44.7 Å². The van der Waals surface area contributed by atoms with E-state index in [9.17, 15) is 20.3 Å². The first-order valence-electron chi connectivity index (χ1n) is 17.9. The number of oxazole rings is 1. The molecule has 2 fully saturated rings. The van der Waals surface area contributed by atoms with Gasteiger partial charge in [0.1, 0.15) is 22.9 Å². The van der Waals surface area contributed by atoms with E-state index in [0.717, 1.165) is 63.1 Å². The Morgan fingerprint density at radius 3 is 2.38 bits per heavy atom. The van der Waals surface area contributed by atoms with Gasteiger partial charge in [0.25, 0.3) is 0 Å². The number of fused-ring (bicyclic) bond motifs is 2. The van der Waals surface area contributed by atoms with E-state index in [1.165, 1.54) is 0 Å². The number of pyridine rings is 1. The number of aromatic nitrogens is 4. The van der Waals surface area contributed by atoms with E-state index >= 15 is 0 Å². The Labute approximate surface area is 306 Å². The third-order valence-corrected chi connectivity index (χ3v) is 10.5. The molecular formula is C41H40N8O4. The first-order valence-corrected chi connectivity index (χ1v) is 17.9. The number of rotatable bonds is 9. The number of hydrogen-bond donors (Lipinski definition) is 3. The van der Waals surface area contributed by atoms with Crippen LogP contribution in [-0.4, -0.2) is 78.2 Å². The molecule has 3 aromatic carbocycles. The third-order valence-electron chi connectivity index (χ3n) is 10.5. The van der Waals surface area contributed by atoms with E-state index in [1.807, 2.05) is 56.4 Å². The Kier molecular flexibility index (Phi) is 9.08. The summed E-state index contributed by atoms with van der Waals surface area (Å²) < 4.78 is 6.28. The Bertz CT molecular complexity index is 2440. The van der Waals surface area contributed by atoms with Crippen LogP contribution >= 0.6 is 0 Å². The highest BCUT2D eigenvalue weighted by Gasteiger charge is 2.28. The number of aryl methyl sites for hydroxylation is 1. The van der Waals surface area contributed by atoms with Crippen molar-refractivity contribution in [3.05, 3.63) is 94.4 Å². The van der Waals surface area contributed by atoms with Gasteiger partial charge in [0.05, 0.1) is 23.1 Å². The van der Waals surface area contributed by atoms with Gasteiger partial charge in [0.2, 0.25) is 5.89 Å². The van der Waals surface area contributed by atoms with Crippen molar-refractivity contribution in [2.24, 2.45) is 5.92 Å². The molecule has 0 radical (unpaired) electrons. The zero-order chi connectivity index (χ0) is 36.8. The molecule has 3 aromatic heterocycles. The number of nitrogens with one attached hydrogen (secondary N) is 1. The summed E-state index contributed by atoms with van der Waals surface area (Å²) in [5.41, 5.74) is 10.6. The number of carboxylic acids is 1. The first kappa shape index (κ1) is 34.4. The maximum absolute atomic E-state index is 11.5. The van der Waals surface area contributed by atoms with Gasteiger partial charge in [-0.25, -0.2) is 15.0 Å². The second-order valence-electron chi connectivity index (χ2n) is 14.3. The van der Waals surface area contributed by atoms with Crippen molar-refractivity contribution < 1.29 is 19.4 Å². The molecule has 2 atom stereocenters. The Balaban J connectivity index is 1.08. The lowest BCUT2D eigenvalue weighted by molar-refractivity contribution is -0.141. The Hall–Kier alpha value is -5.74. The largest absolute Gasteiger partial charge is 0.481 e. The van der Waals surface area contributed by atoms with E-state index in [2.05, 4.69) is 46.3 Å². The van der Waals surface area contributed by atoms with E-state index in [0.29, 0.717) is 78.9 Å². The fourth-order valence-corrected chi connectivity index (χ4v) is 7.73. The minimum absolute atomic E-state index is 0.272. The third kappa shape index (κ3) is 6.82. The summed E-state index contributed by atoms with van der Waals surface area (Å²) in [6.45, 7) is 9.98. The summed E-state index contributed by atoms with van der Waals surface area (Å²) in [5.74, 6) is 0.566. The van der Waals surface area contributed by atoms with Gasteiger partial charge >= 0.3 is 5.97 Å². The van der Waals surface area contributed by atoms with Crippen molar-refractivity contribution in [3.8, 4) is 28.7 Å². The molecule has 0 aliphatic carbocycles. The quantitative estimate of drug-likeness (QED) is 0.149. The van der Waals surface area contributed by atoms with E-state index < -0.39 is 5.97 Å². The predicted molar refractivity (Wildman–Crippen MR) is 201 cm³/mol. The maximum atomic E-state index is 11.5. The van der Waals surface area contributed by atoms with Gasteiger partial charge in [0.15, 0.2) is 11.4 Å². The maximum Gasteiger partial charge on any atom is 0.307 e. The molecule has 12 heteroatoms. The summed E-state index contributed by atoms with van der Waals surface area (Å²) in [5, 5.41) is 32.9. The van der Waals surface area contributed by atoms with Gasteiger partial charge in [-0.05, 0) is 104 Å². The monoisotopic (exact) mass is 708 g/mol. The standard InChI is InChI=1S/C41H40N8O4/c1-23-31(6-4-8-33(23)40-47-36-15-26(14-29(17-42)38(36)53-40)19-48-12-10-28(21-48)41(51)52)32-7-5-9-34(24(32)2)46-39-37-35(44-25(3)45-39)16-27(18-43-37)20-49-13-11-30(50)22-49/h4-9,14-16,18,28,30,50H,10-13,19-22H2,1-3H3,(H,51,52)(H,44,45,46)/t28?,30-/m1/s1. The number of carbonyl (C=O) groups is 1. The summed E-state index contributed by atoms with van der Waals surface area (Å²) in [4.78, 5) is 34.9. The summed E-state index contributed by atoms with van der Waals surface area (Å²) >= 11 is 0. The fourth-order valence-electron chi connectivity index (χ4n) is 7.73. The van der Waals surface area contributed by atoms with Crippen molar-refractivity contribution >= 4 is 39.6 Å². The number of nitrogens with zero attached hydrogens (tertiary/aromatic N) is 7. The highest BCUT2D eigenvalue weighted by Crippen LogP contribution is 2.38. The smallest absolute Gasteiger partial charge is 0.307 e. The second kappa shape index (κ2) is 14.0. The van der Waals surface area contributed by atoms with Gasteiger partial charge in [-0.2, -0.15) is 5.26 Å². The number of carboxylic acid groups (broad SMARTS) is 1. The molecule has 2 aliphatic heterocycles. The summed E-state index contributed by atoms with van der Waals surface area (Å²) in [6.07, 6.45) is 3.00. The van der Waals surface area contributed by atoms with Crippen LogP contribution in [0.15, 0.2) is 65.2 Å². The minimum Gasteiger partial charge on any atom is -0.481 e. The van der Waals surface area contributed by atoms with Crippen LogP contribution in [0, 0.1) is 38.0 Å². The van der Waals surface area contributed by atoms with Crippen LogP contribution in [0.4, 0.5) is 11.5 Å². The molecule has 6 aromatic rings. The lowest BCUT2D eigenvalue weighted by atomic mass is 9.93. The second-order valence-corrected chi connectivity index (χ2v) is 14.3. The zero-order valence-electron chi connectivity index (χ0n) is 29.9. The summed E-state index contributed by atoms with van der Waals surface area (Å²) in [6, 6.07) is 20.3. The van der Waals surface area contributed by atoms with Crippen LogP contribution in [0.1, 0.15) is 46.5 Å². The normalized spacial score (nSPS) is 17.9. The van der Waals surface area contributed by atoms with Gasteiger partial charge in [-0.3, -0.25) is 19.6 Å². The molecule has 1 unspecified atom stereocenters. The molecule has 2 saturated heterocycles. The van der Waals surface area contributed by atoms with Crippen LogP contribution < -0.4 is 5.32 Å². The molecule has 2 aliphatic rings. The average Bonchev–Trinajstić information content (AvgIpc) is 3.89. The zero-order valence-corrected chi connectivity index (χ0v) is 29.9. The number of hydrogen-bond acceptors (Lipinski definition) is 11. The van der Waals surface area contributed by atoms with Gasteiger partial charge in [-0.15, -0.1) is 0 Å². The van der Waals surface area contributed by atoms with Crippen LogP contribution in [0.5, 0.6) is 0 Å². The highest BCUT2D eigenvalue weighted by molar-refractivity contribution is 5.90. The van der Waals surface area contributed by atoms with Gasteiger partial charge in [0, 0.05) is 50.2 Å². The van der Waals surface area contributed by atoms with Crippen LogP contribution in [0.3, 0.4) is 0 Å². The fraction of sp³-hybridized carbons (Fsp3) is 0.317. The molecule has 53 heavy (non-hydrogen) atoms. The number of aliphatic hydroxyl groups excluding tert-OH is 1. The lowest BCUT2D eigenvalue weighted by Gasteiger charge is -2.17. The topological polar surface area (TPSA) is 165 Å². The molecule has 5 heterocycles. The number of β-amino-alcohol motifs (C(OH)–C–C–N with tert-alkyl or cyclic N) is 1. The molecule has 0 amide bonds. The molecule has 0 saturated carbocycles. The van der Waals surface area contributed by atoms with Crippen molar-refractivity contribution in [1.82, 2.24) is 29.7 Å². The lowest BCUT2D eigenvalue weighted by Crippen LogP contribution is -2.22. The van der Waals surface area contributed by atoms with Crippen molar-refractivity contribution in [2.45, 2.75) is 52.8 Å². The molecule has 12 nitrogen and oxygen atoms in total. The minimum atomic E-state index is -0.769. The first-order chi connectivity index (χ1) is 25.6. The number of aliphatic hydroxyl groups is 1. The van der Waals surface area contributed by atoms with Gasteiger partial charge in [-0.1, -0.05) is 24.3 Å². The van der Waals surface area contributed by atoms with Crippen molar-refractivity contribution in [3.63, 3.8) is 0 Å². The van der Waals surface area contributed by atoms with E-state index in [-0.39, 0.29) is 12.0 Å². The van der Waals surface area contributed by atoms with Crippen molar-refractivity contribution in [1.29, 1.82) is 5.26 Å². The average molecular weight is 709 g/mol. The highest BCUT2D eigenvalue weighted by atomic mass is 16.4. The Morgan fingerprint density at radius 2 is 1.62 bits per heavy atom.